The van der Waals surface area contributed by atoms with E-state index in [1.54, 1.807) is 0 Å². The standard InChI is InChI=1S/C21H44N2/c1-2-22-18-15-19-23-20-21-16-13-11-9-7-5-3-4-6-8-10-12-14-17-21/h21-23H,2-20H2,1H3. The Hall–Kier alpha value is -0.0800. The molecule has 0 unspecified atom stereocenters. The maximum Gasteiger partial charge on any atom is -0.00205 e. The molecule has 1 aliphatic rings. The summed E-state index contributed by atoms with van der Waals surface area (Å²) in [6.45, 7) is 6.89. The van der Waals surface area contributed by atoms with Crippen molar-refractivity contribution in [1.29, 1.82) is 0 Å². The van der Waals surface area contributed by atoms with Gasteiger partial charge in [-0.3, -0.25) is 0 Å². The van der Waals surface area contributed by atoms with E-state index < -0.39 is 0 Å². The van der Waals surface area contributed by atoms with Crippen LogP contribution in [0.4, 0.5) is 0 Å². The van der Waals surface area contributed by atoms with Gasteiger partial charge in [-0.1, -0.05) is 84.0 Å². The molecule has 1 aliphatic carbocycles. The number of hydrogen-bond acceptors (Lipinski definition) is 2. The highest BCUT2D eigenvalue weighted by Gasteiger charge is 2.08. The summed E-state index contributed by atoms with van der Waals surface area (Å²) in [5.74, 6) is 0.930. The van der Waals surface area contributed by atoms with Crippen LogP contribution in [0.1, 0.15) is 103 Å². The molecule has 2 N–H and O–H groups in total. The Kier molecular flexibility index (Phi) is 15.3. The van der Waals surface area contributed by atoms with Gasteiger partial charge in [-0.25, -0.2) is 0 Å². The van der Waals surface area contributed by atoms with Crippen LogP contribution in [-0.2, 0) is 0 Å². The van der Waals surface area contributed by atoms with Gasteiger partial charge in [-0.05, 0) is 51.4 Å². The highest BCUT2D eigenvalue weighted by Crippen LogP contribution is 2.20. The molecule has 0 aromatic heterocycles. The highest BCUT2D eigenvalue weighted by atomic mass is 14.9. The van der Waals surface area contributed by atoms with Crippen LogP contribution in [0.2, 0.25) is 0 Å². The number of hydrogen-bond donors (Lipinski definition) is 2. The molecule has 1 rings (SSSR count). The first kappa shape index (κ1) is 21.0. The van der Waals surface area contributed by atoms with Crippen LogP contribution >= 0.6 is 0 Å². The molecule has 0 radical (unpaired) electrons. The molecule has 2 nitrogen and oxygen atoms in total. The fourth-order valence-electron chi connectivity index (χ4n) is 3.80. The van der Waals surface area contributed by atoms with Crippen LogP contribution in [0.25, 0.3) is 0 Å². The lowest BCUT2D eigenvalue weighted by Gasteiger charge is -2.18. The summed E-state index contributed by atoms with van der Waals surface area (Å²) >= 11 is 0. The monoisotopic (exact) mass is 324 g/mol. The molecular formula is C21H44N2. The summed E-state index contributed by atoms with van der Waals surface area (Å²) in [7, 11) is 0. The van der Waals surface area contributed by atoms with Crippen molar-refractivity contribution < 1.29 is 0 Å². The molecule has 0 spiro atoms. The third-order valence-electron chi connectivity index (χ3n) is 5.36. The Labute approximate surface area is 146 Å². The minimum atomic E-state index is 0.930. The number of nitrogens with one attached hydrogen (secondary N) is 2. The van der Waals surface area contributed by atoms with E-state index >= 15 is 0 Å². The molecule has 0 aromatic carbocycles. The molecule has 0 heterocycles. The third-order valence-corrected chi connectivity index (χ3v) is 5.36. The molecule has 1 fully saturated rings. The largest absolute Gasteiger partial charge is 0.317 e. The van der Waals surface area contributed by atoms with E-state index in [4.69, 9.17) is 0 Å². The maximum absolute atomic E-state index is 3.72. The Balaban J connectivity index is 2.15. The summed E-state index contributed by atoms with van der Waals surface area (Å²) in [6, 6.07) is 0. The van der Waals surface area contributed by atoms with Crippen molar-refractivity contribution >= 4 is 0 Å². The second-order valence-corrected chi connectivity index (χ2v) is 7.60. The van der Waals surface area contributed by atoms with Crippen molar-refractivity contribution in [3.63, 3.8) is 0 Å². The smallest absolute Gasteiger partial charge is 0.00205 e. The second-order valence-electron chi connectivity index (χ2n) is 7.60. The Morgan fingerprint density at radius 1 is 0.609 bits per heavy atom. The van der Waals surface area contributed by atoms with E-state index in [0.29, 0.717) is 0 Å². The van der Waals surface area contributed by atoms with Crippen LogP contribution < -0.4 is 10.6 Å². The molecule has 0 aromatic rings. The lowest BCUT2D eigenvalue weighted by molar-refractivity contribution is 0.382. The van der Waals surface area contributed by atoms with Crippen molar-refractivity contribution in [2.75, 3.05) is 26.2 Å². The SMILES string of the molecule is CCNCCCNCC1CCCCCCCCCCCCCC1. The van der Waals surface area contributed by atoms with Gasteiger partial charge in [0.15, 0.2) is 0 Å². The minimum Gasteiger partial charge on any atom is -0.317 e. The quantitative estimate of drug-likeness (QED) is 0.590. The van der Waals surface area contributed by atoms with Gasteiger partial charge in [0.2, 0.25) is 0 Å². The molecule has 0 saturated heterocycles. The average molecular weight is 325 g/mol. The Morgan fingerprint density at radius 2 is 1.04 bits per heavy atom. The summed E-state index contributed by atoms with van der Waals surface area (Å²) < 4.78 is 0. The fourth-order valence-corrected chi connectivity index (χ4v) is 3.80. The van der Waals surface area contributed by atoms with Crippen LogP contribution in [0, 0.1) is 5.92 Å². The van der Waals surface area contributed by atoms with E-state index in [0.717, 1.165) is 19.0 Å². The third kappa shape index (κ3) is 14.0. The van der Waals surface area contributed by atoms with Crippen molar-refractivity contribution in [2.45, 2.75) is 103 Å². The topological polar surface area (TPSA) is 24.1 Å². The lowest BCUT2D eigenvalue weighted by atomic mass is 9.94. The zero-order valence-electron chi connectivity index (χ0n) is 16.0. The Morgan fingerprint density at radius 3 is 1.52 bits per heavy atom. The van der Waals surface area contributed by atoms with E-state index in [2.05, 4.69) is 17.6 Å². The first-order valence-corrected chi connectivity index (χ1v) is 10.8. The van der Waals surface area contributed by atoms with Crippen LogP contribution in [0.5, 0.6) is 0 Å². The summed E-state index contributed by atoms with van der Waals surface area (Å²) in [4.78, 5) is 0. The fraction of sp³-hybridized carbons (Fsp3) is 1.00. The van der Waals surface area contributed by atoms with Crippen LogP contribution in [-0.4, -0.2) is 26.2 Å². The molecule has 1 saturated carbocycles. The first-order valence-electron chi connectivity index (χ1n) is 10.8. The molecular weight excluding hydrogens is 280 g/mol. The van der Waals surface area contributed by atoms with E-state index in [9.17, 15) is 0 Å². The maximum atomic E-state index is 3.72. The van der Waals surface area contributed by atoms with Crippen molar-refractivity contribution in [3.05, 3.63) is 0 Å². The summed E-state index contributed by atoms with van der Waals surface area (Å²) in [5, 5.41) is 7.13. The van der Waals surface area contributed by atoms with Gasteiger partial charge < -0.3 is 10.6 Å². The normalized spacial score (nSPS) is 20.7. The Bertz CT molecular complexity index is 214. The average Bonchev–Trinajstić information content (AvgIpc) is 2.57. The van der Waals surface area contributed by atoms with Crippen molar-refractivity contribution in [1.82, 2.24) is 10.6 Å². The molecule has 0 atom stereocenters. The van der Waals surface area contributed by atoms with Crippen molar-refractivity contribution in [2.24, 2.45) is 5.92 Å². The van der Waals surface area contributed by atoms with Crippen molar-refractivity contribution in [3.8, 4) is 0 Å². The second kappa shape index (κ2) is 16.8. The highest BCUT2D eigenvalue weighted by molar-refractivity contribution is 4.65. The summed E-state index contributed by atoms with van der Waals surface area (Å²) in [6.07, 6.45) is 21.9. The van der Waals surface area contributed by atoms with Gasteiger partial charge in [0.05, 0.1) is 0 Å². The molecule has 0 amide bonds. The molecule has 138 valence electrons. The summed E-state index contributed by atoms with van der Waals surface area (Å²) in [5.41, 5.74) is 0. The van der Waals surface area contributed by atoms with Gasteiger partial charge in [-0.15, -0.1) is 0 Å². The van der Waals surface area contributed by atoms with E-state index in [1.165, 1.54) is 109 Å². The lowest BCUT2D eigenvalue weighted by Crippen LogP contribution is -2.26. The van der Waals surface area contributed by atoms with Gasteiger partial charge in [0, 0.05) is 0 Å². The van der Waals surface area contributed by atoms with Gasteiger partial charge >= 0.3 is 0 Å². The molecule has 2 heteroatoms. The molecule has 0 aliphatic heterocycles. The zero-order chi connectivity index (χ0) is 16.4. The number of rotatable bonds is 7. The van der Waals surface area contributed by atoms with Crippen LogP contribution in [0.15, 0.2) is 0 Å². The molecule has 0 bridgehead atoms. The van der Waals surface area contributed by atoms with E-state index in [-0.39, 0.29) is 0 Å². The predicted octanol–water partition coefficient (Wildman–Crippen LogP) is 5.67. The predicted molar refractivity (Wildman–Crippen MR) is 104 cm³/mol. The first-order chi connectivity index (χ1) is 11.4. The van der Waals surface area contributed by atoms with Gasteiger partial charge in [-0.2, -0.15) is 0 Å². The zero-order valence-corrected chi connectivity index (χ0v) is 16.0. The van der Waals surface area contributed by atoms with Crippen LogP contribution in [0.3, 0.4) is 0 Å². The minimum absolute atomic E-state index is 0.930. The molecule has 23 heavy (non-hydrogen) atoms. The van der Waals surface area contributed by atoms with Gasteiger partial charge in [0.25, 0.3) is 0 Å². The van der Waals surface area contributed by atoms with E-state index in [1.807, 2.05) is 0 Å². The van der Waals surface area contributed by atoms with Gasteiger partial charge in [0.1, 0.15) is 0 Å².